The highest BCUT2D eigenvalue weighted by Crippen LogP contribution is 2.36. The normalized spacial score (nSPS) is 23.5. The number of Topliss-reactive ketones (excluding diaryl/α,β-unsaturated/α-hetero) is 1. The van der Waals surface area contributed by atoms with Gasteiger partial charge in [0.1, 0.15) is 35.0 Å². The Morgan fingerprint density at radius 1 is 1.19 bits per heavy atom. The number of halogens is 1. The Balaban J connectivity index is 1.76. The zero-order chi connectivity index (χ0) is 22.5. The molecular weight excluding hydrogens is 431 g/mol. The molecule has 1 aliphatic rings. The van der Waals surface area contributed by atoms with Gasteiger partial charge in [-0.25, -0.2) is 0 Å². The maximum absolute atomic E-state index is 12.8. The van der Waals surface area contributed by atoms with Gasteiger partial charge in [0.25, 0.3) is 0 Å². The summed E-state index contributed by atoms with van der Waals surface area (Å²) in [5.74, 6) is -1.46. The van der Waals surface area contributed by atoms with E-state index >= 15 is 0 Å². The van der Waals surface area contributed by atoms with Crippen LogP contribution in [0.1, 0.15) is 28.8 Å². The quantitative estimate of drug-likeness (QED) is 0.380. The van der Waals surface area contributed by atoms with Crippen LogP contribution in [0, 0.1) is 0 Å². The maximum Gasteiger partial charge on any atom is 0.202 e. The van der Waals surface area contributed by atoms with Crippen LogP contribution in [0.15, 0.2) is 41.3 Å². The molecule has 1 aliphatic heterocycles. The van der Waals surface area contributed by atoms with E-state index in [1.807, 2.05) is 0 Å². The minimum atomic E-state index is -1.30. The molecule has 8 nitrogen and oxygen atoms in total. The lowest BCUT2D eigenvalue weighted by Gasteiger charge is -2.36. The monoisotopic (exact) mass is 454 g/mol. The van der Waals surface area contributed by atoms with Gasteiger partial charge < -0.3 is 35.0 Å². The van der Waals surface area contributed by atoms with E-state index in [1.54, 1.807) is 24.3 Å². The second-order valence-corrected chi connectivity index (χ2v) is 7.81. The van der Waals surface area contributed by atoms with Crippen LogP contribution in [0.4, 0.5) is 3.89 Å². The molecule has 31 heavy (non-hydrogen) atoms. The van der Waals surface area contributed by atoms with E-state index < -0.39 is 42.7 Å². The van der Waals surface area contributed by atoms with Crippen LogP contribution < -0.4 is 4.74 Å². The van der Waals surface area contributed by atoms with E-state index in [0.717, 1.165) is 17.7 Å². The molecule has 1 heterocycles. The van der Waals surface area contributed by atoms with Gasteiger partial charge in [0.05, 0.1) is 24.9 Å². The zero-order valence-corrected chi connectivity index (χ0v) is 17.2. The van der Waals surface area contributed by atoms with Crippen molar-refractivity contribution >= 4 is 17.9 Å². The van der Waals surface area contributed by atoms with Gasteiger partial charge in [-0.3, -0.25) is 4.79 Å². The lowest BCUT2D eigenvalue weighted by Crippen LogP contribution is -2.51. The number of aliphatic hydroxyl groups is 3. The van der Waals surface area contributed by atoms with Crippen molar-refractivity contribution in [2.24, 2.45) is 0 Å². The number of aryl methyl sites for hydroxylation is 1. The molecule has 0 unspecified atom stereocenters. The van der Waals surface area contributed by atoms with Gasteiger partial charge in [0.15, 0.2) is 5.78 Å². The molecule has 5 N–H and O–H groups in total. The Morgan fingerprint density at radius 3 is 2.55 bits per heavy atom. The van der Waals surface area contributed by atoms with Gasteiger partial charge in [-0.15, -0.1) is 0 Å². The number of phenolic OH excluding ortho intramolecular Hbond substituents is 2. The summed E-state index contributed by atoms with van der Waals surface area (Å²) in [7, 11) is 0. The first-order valence-electron chi connectivity index (χ1n) is 9.58. The molecule has 0 spiro atoms. The summed E-state index contributed by atoms with van der Waals surface area (Å²) < 4.78 is 23.6. The number of rotatable bonds is 8. The second-order valence-electron chi connectivity index (χ2n) is 7.18. The highest BCUT2D eigenvalue weighted by Gasteiger charge is 2.38. The van der Waals surface area contributed by atoms with Crippen molar-refractivity contribution in [3.8, 4) is 17.2 Å². The molecule has 3 rings (SSSR count). The van der Waals surface area contributed by atoms with Crippen LogP contribution in [0.3, 0.4) is 0 Å². The number of ether oxygens (including phenoxy) is 2. The summed E-state index contributed by atoms with van der Waals surface area (Å²) in [5.41, 5.74) is 0.629. The molecule has 0 radical (unpaired) electrons. The number of hydrogen-bond donors (Lipinski definition) is 5. The van der Waals surface area contributed by atoms with E-state index in [2.05, 4.69) is 0 Å². The highest BCUT2D eigenvalue weighted by molar-refractivity contribution is 7.94. The molecule has 0 saturated carbocycles. The molecule has 0 aliphatic carbocycles. The predicted molar refractivity (Wildman–Crippen MR) is 109 cm³/mol. The SMILES string of the molecule is O=C(CCc1ccc(SF)cc1)c1c(O)cc(O)cc1O[C@H]1C[C@@H](O)[C@H](O)[C@@H](CO)O1. The van der Waals surface area contributed by atoms with Crippen LogP contribution in [0.2, 0.25) is 0 Å². The summed E-state index contributed by atoms with van der Waals surface area (Å²) in [6.45, 7) is -0.561. The van der Waals surface area contributed by atoms with E-state index in [1.165, 1.54) is 0 Å². The third-order valence-corrected chi connectivity index (χ3v) is 5.42. The molecule has 1 fully saturated rings. The van der Waals surface area contributed by atoms with Gasteiger partial charge in [0, 0.05) is 29.9 Å². The van der Waals surface area contributed by atoms with Crippen molar-refractivity contribution in [2.45, 2.75) is 48.8 Å². The average Bonchev–Trinajstić information content (AvgIpc) is 2.74. The van der Waals surface area contributed by atoms with Crippen molar-refractivity contribution in [2.75, 3.05) is 6.61 Å². The van der Waals surface area contributed by atoms with Crippen LogP contribution in [-0.2, 0) is 11.2 Å². The van der Waals surface area contributed by atoms with Gasteiger partial charge in [-0.05, 0) is 24.1 Å². The molecule has 168 valence electrons. The number of hydrogen-bond acceptors (Lipinski definition) is 9. The molecule has 1 saturated heterocycles. The fourth-order valence-corrected chi connectivity index (χ4v) is 3.57. The molecule has 10 heteroatoms. The number of carbonyl (C=O) groups excluding carboxylic acids is 1. The van der Waals surface area contributed by atoms with E-state index in [-0.39, 0.29) is 42.1 Å². The average molecular weight is 454 g/mol. The minimum Gasteiger partial charge on any atom is -0.508 e. The smallest absolute Gasteiger partial charge is 0.202 e. The third-order valence-electron chi connectivity index (χ3n) is 4.97. The van der Waals surface area contributed by atoms with Crippen LogP contribution >= 0.6 is 12.1 Å². The number of ketones is 1. The standard InChI is InChI=1S/C21H23FO8S/c22-31-13-4-1-11(2-5-13)3-6-14(25)20-15(26)7-12(24)8-17(20)29-19-9-16(27)21(28)18(10-23)30-19/h1-2,4-5,7-8,16,18-19,21,23-24,26-28H,3,6,9-10H2/t16-,18-,19-,21+/m1/s1. The van der Waals surface area contributed by atoms with Crippen LogP contribution in [0.25, 0.3) is 0 Å². The van der Waals surface area contributed by atoms with E-state index in [9.17, 15) is 34.2 Å². The van der Waals surface area contributed by atoms with Crippen LogP contribution in [-0.4, -0.2) is 62.5 Å². The van der Waals surface area contributed by atoms with Crippen molar-refractivity contribution in [1.82, 2.24) is 0 Å². The number of phenols is 2. The Morgan fingerprint density at radius 2 is 1.90 bits per heavy atom. The molecule has 0 aromatic heterocycles. The molecule has 4 atom stereocenters. The topological polar surface area (TPSA) is 137 Å². The third kappa shape index (κ3) is 5.66. The van der Waals surface area contributed by atoms with Gasteiger partial charge in [-0.1, -0.05) is 12.1 Å². The molecule has 2 aromatic rings. The predicted octanol–water partition coefficient (Wildman–Crippen LogP) is 2.10. The van der Waals surface area contributed by atoms with Crippen molar-refractivity contribution in [1.29, 1.82) is 0 Å². The Bertz CT molecular complexity index is 907. The largest absolute Gasteiger partial charge is 0.508 e. The number of aromatic hydroxyl groups is 2. The lowest BCUT2D eigenvalue weighted by molar-refractivity contribution is -0.230. The molecular formula is C21H23FO8S. The maximum atomic E-state index is 12.8. The van der Waals surface area contributed by atoms with E-state index in [0.29, 0.717) is 11.3 Å². The van der Waals surface area contributed by atoms with Crippen LogP contribution in [0.5, 0.6) is 17.2 Å². The Labute approximate surface area is 182 Å². The van der Waals surface area contributed by atoms with Crippen molar-refractivity contribution < 1.29 is 43.7 Å². The minimum absolute atomic E-state index is 0.00291. The molecule has 2 aromatic carbocycles. The first-order chi connectivity index (χ1) is 14.8. The summed E-state index contributed by atoms with van der Waals surface area (Å²) in [6.07, 6.45) is -4.58. The van der Waals surface area contributed by atoms with Gasteiger partial charge >= 0.3 is 0 Å². The Kier molecular flexibility index (Phi) is 7.74. The summed E-state index contributed by atoms with van der Waals surface area (Å²) in [4.78, 5) is 13.3. The lowest BCUT2D eigenvalue weighted by atomic mass is 10.0. The highest BCUT2D eigenvalue weighted by atomic mass is 32.2. The molecule has 0 bridgehead atoms. The van der Waals surface area contributed by atoms with Gasteiger partial charge in [-0.2, -0.15) is 3.89 Å². The first-order valence-corrected chi connectivity index (χ1v) is 10.3. The fraction of sp³-hybridized carbons (Fsp3) is 0.381. The summed E-state index contributed by atoms with van der Waals surface area (Å²) in [5, 5.41) is 49.1. The number of carbonyl (C=O) groups is 1. The summed E-state index contributed by atoms with van der Waals surface area (Å²) in [6, 6.07) is 8.71. The van der Waals surface area contributed by atoms with E-state index in [4.69, 9.17) is 9.47 Å². The second kappa shape index (κ2) is 10.3. The van der Waals surface area contributed by atoms with Crippen molar-refractivity contribution in [3.05, 3.63) is 47.5 Å². The fourth-order valence-electron chi connectivity index (χ4n) is 3.33. The molecule has 0 amide bonds. The number of benzene rings is 2. The van der Waals surface area contributed by atoms with Gasteiger partial charge in [0.2, 0.25) is 6.29 Å². The first kappa shape index (κ1) is 23.3. The zero-order valence-electron chi connectivity index (χ0n) is 16.3. The Hall–Kier alpha value is -2.37. The van der Waals surface area contributed by atoms with Crippen molar-refractivity contribution in [3.63, 3.8) is 0 Å². The summed E-state index contributed by atoms with van der Waals surface area (Å²) >= 11 is 0.121. The number of aliphatic hydroxyl groups excluding tert-OH is 3.